The van der Waals surface area contributed by atoms with E-state index in [0.29, 0.717) is 11.4 Å². The zero-order valence-electron chi connectivity index (χ0n) is 8.82. The molecule has 0 aliphatic carbocycles. The number of nitrogen functional groups attached to an aromatic ring is 1. The molecule has 0 unspecified atom stereocenters. The third-order valence-corrected chi connectivity index (χ3v) is 1.76. The summed E-state index contributed by atoms with van der Waals surface area (Å²) in [5.74, 6) is -0.0154. The van der Waals surface area contributed by atoms with Gasteiger partial charge in [-0.1, -0.05) is 6.07 Å². The SMILES string of the molecule is Nc1cccc(OCC(=O)OCCCF)c1. The number of alkyl halides is 1. The zero-order valence-corrected chi connectivity index (χ0v) is 8.82. The summed E-state index contributed by atoms with van der Waals surface area (Å²) in [6.07, 6.45) is 0.212. The number of ether oxygens (including phenoxy) is 2. The van der Waals surface area contributed by atoms with Crippen molar-refractivity contribution < 1.29 is 18.7 Å². The van der Waals surface area contributed by atoms with Crippen molar-refractivity contribution in [1.82, 2.24) is 0 Å². The summed E-state index contributed by atoms with van der Waals surface area (Å²) in [7, 11) is 0. The van der Waals surface area contributed by atoms with Crippen molar-refractivity contribution in [3.63, 3.8) is 0 Å². The molecule has 0 heterocycles. The van der Waals surface area contributed by atoms with Gasteiger partial charge in [0.2, 0.25) is 0 Å². The molecule has 0 saturated carbocycles. The lowest BCUT2D eigenvalue weighted by Gasteiger charge is -2.06. The third-order valence-electron chi connectivity index (χ3n) is 1.76. The van der Waals surface area contributed by atoms with Crippen LogP contribution >= 0.6 is 0 Å². The van der Waals surface area contributed by atoms with Crippen LogP contribution in [0.4, 0.5) is 10.1 Å². The fourth-order valence-electron chi connectivity index (χ4n) is 1.03. The van der Waals surface area contributed by atoms with Crippen molar-refractivity contribution in [2.75, 3.05) is 25.6 Å². The van der Waals surface area contributed by atoms with E-state index in [2.05, 4.69) is 0 Å². The maximum Gasteiger partial charge on any atom is 0.344 e. The number of hydrogen-bond acceptors (Lipinski definition) is 4. The second-order valence-electron chi connectivity index (χ2n) is 3.12. The third kappa shape index (κ3) is 4.63. The Kier molecular flexibility index (Phi) is 5.11. The quantitative estimate of drug-likeness (QED) is 0.455. The van der Waals surface area contributed by atoms with E-state index in [1.165, 1.54) is 0 Å². The van der Waals surface area contributed by atoms with Crippen LogP contribution in [-0.2, 0) is 9.53 Å². The van der Waals surface area contributed by atoms with Gasteiger partial charge < -0.3 is 15.2 Å². The number of carbonyl (C=O) groups is 1. The summed E-state index contributed by atoms with van der Waals surface area (Å²) in [6, 6.07) is 6.73. The number of nitrogens with two attached hydrogens (primary N) is 1. The Hall–Kier alpha value is -1.78. The molecular weight excluding hydrogens is 213 g/mol. The minimum absolute atomic E-state index is 0.0790. The molecule has 0 radical (unpaired) electrons. The van der Waals surface area contributed by atoms with Crippen molar-refractivity contribution in [3.8, 4) is 5.75 Å². The molecule has 1 rings (SSSR count). The van der Waals surface area contributed by atoms with Crippen LogP contribution in [-0.4, -0.2) is 25.9 Å². The fourth-order valence-corrected chi connectivity index (χ4v) is 1.03. The summed E-state index contributed by atoms with van der Waals surface area (Å²) in [6.45, 7) is -0.616. The van der Waals surface area contributed by atoms with Crippen molar-refractivity contribution >= 4 is 11.7 Å². The van der Waals surface area contributed by atoms with Crippen molar-refractivity contribution in [2.24, 2.45) is 0 Å². The summed E-state index contributed by atoms with van der Waals surface area (Å²) in [5, 5.41) is 0. The van der Waals surface area contributed by atoms with Crippen LogP contribution in [0.15, 0.2) is 24.3 Å². The van der Waals surface area contributed by atoms with E-state index in [-0.39, 0.29) is 19.6 Å². The van der Waals surface area contributed by atoms with Crippen LogP contribution in [0.5, 0.6) is 5.75 Å². The number of benzene rings is 1. The molecule has 0 spiro atoms. The Morgan fingerprint density at radius 2 is 2.25 bits per heavy atom. The lowest BCUT2D eigenvalue weighted by atomic mass is 10.3. The lowest BCUT2D eigenvalue weighted by molar-refractivity contribution is -0.146. The minimum Gasteiger partial charge on any atom is -0.482 e. The van der Waals surface area contributed by atoms with Crippen LogP contribution in [0.1, 0.15) is 6.42 Å². The highest BCUT2D eigenvalue weighted by atomic mass is 19.1. The second kappa shape index (κ2) is 6.66. The first-order valence-corrected chi connectivity index (χ1v) is 4.92. The van der Waals surface area contributed by atoms with Gasteiger partial charge in [-0.3, -0.25) is 4.39 Å². The first-order chi connectivity index (χ1) is 7.72. The van der Waals surface area contributed by atoms with Crippen LogP contribution < -0.4 is 10.5 Å². The summed E-state index contributed by atoms with van der Waals surface area (Å²) in [4.78, 5) is 11.1. The Morgan fingerprint density at radius 1 is 1.44 bits per heavy atom. The molecule has 2 N–H and O–H groups in total. The number of anilines is 1. The second-order valence-corrected chi connectivity index (χ2v) is 3.12. The number of carbonyl (C=O) groups excluding carboxylic acids is 1. The highest BCUT2D eigenvalue weighted by Gasteiger charge is 2.03. The molecule has 0 aromatic heterocycles. The monoisotopic (exact) mass is 227 g/mol. The number of halogens is 1. The average molecular weight is 227 g/mol. The van der Waals surface area contributed by atoms with Gasteiger partial charge in [-0.15, -0.1) is 0 Å². The maximum atomic E-state index is 11.7. The van der Waals surface area contributed by atoms with Gasteiger partial charge in [-0.2, -0.15) is 0 Å². The predicted octanol–water partition coefficient (Wildman–Crippen LogP) is 1.55. The Bertz CT molecular complexity index is 344. The molecule has 0 atom stereocenters. The molecule has 5 heteroatoms. The van der Waals surface area contributed by atoms with E-state index in [1.807, 2.05) is 0 Å². The molecule has 1 aromatic rings. The Morgan fingerprint density at radius 3 is 2.94 bits per heavy atom. The van der Waals surface area contributed by atoms with Gasteiger partial charge in [0.05, 0.1) is 13.3 Å². The van der Waals surface area contributed by atoms with E-state index in [1.54, 1.807) is 24.3 Å². The Labute approximate surface area is 93.2 Å². The van der Waals surface area contributed by atoms with Gasteiger partial charge in [0.15, 0.2) is 6.61 Å². The molecule has 0 bridgehead atoms. The van der Waals surface area contributed by atoms with Crippen molar-refractivity contribution in [1.29, 1.82) is 0 Å². The van der Waals surface area contributed by atoms with Gasteiger partial charge in [-0.25, -0.2) is 4.79 Å². The molecule has 0 aliphatic rings. The number of hydrogen-bond donors (Lipinski definition) is 1. The maximum absolute atomic E-state index is 11.7. The predicted molar refractivity (Wildman–Crippen MR) is 57.9 cm³/mol. The van der Waals surface area contributed by atoms with Crippen molar-refractivity contribution in [2.45, 2.75) is 6.42 Å². The van der Waals surface area contributed by atoms with Crippen molar-refractivity contribution in [3.05, 3.63) is 24.3 Å². The molecule has 0 fully saturated rings. The van der Waals surface area contributed by atoms with Crippen LogP contribution in [0, 0.1) is 0 Å². The molecule has 0 aliphatic heterocycles. The number of esters is 1. The Balaban J connectivity index is 2.26. The molecule has 16 heavy (non-hydrogen) atoms. The highest BCUT2D eigenvalue weighted by molar-refractivity contribution is 5.71. The van der Waals surface area contributed by atoms with Crippen LogP contribution in [0.25, 0.3) is 0 Å². The molecule has 88 valence electrons. The first kappa shape index (κ1) is 12.3. The van der Waals surface area contributed by atoms with E-state index < -0.39 is 12.6 Å². The molecule has 1 aromatic carbocycles. The van der Waals surface area contributed by atoms with Gasteiger partial charge in [0.1, 0.15) is 5.75 Å². The number of rotatable bonds is 6. The smallest absolute Gasteiger partial charge is 0.344 e. The van der Waals surface area contributed by atoms with Crippen LogP contribution in [0.3, 0.4) is 0 Å². The van der Waals surface area contributed by atoms with Crippen LogP contribution in [0.2, 0.25) is 0 Å². The van der Waals surface area contributed by atoms with Gasteiger partial charge in [0.25, 0.3) is 0 Å². The van der Waals surface area contributed by atoms with Gasteiger partial charge >= 0.3 is 5.97 Å². The summed E-state index contributed by atoms with van der Waals surface area (Å²) in [5.41, 5.74) is 6.08. The summed E-state index contributed by atoms with van der Waals surface area (Å²) >= 11 is 0. The van der Waals surface area contributed by atoms with E-state index in [4.69, 9.17) is 15.2 Å². The largest absolute Gasteiger partial charge is 0.482 e. The summed E-state index contributed by atoms with van der Waals surface area (Å²) < 4.78 is 21.5. The first-order valence-electron chi connectivity index (χ1n) is 4.92. The van der Waals surface area contributed by atoms with Gasteiger partial charge in [-0.05, 0) is 12.1 Å². The highest BCUT2D eigenvalue weighted by Crippen LogP contribution is 2.14. The standard InChI is InChI=1S/C11H14FNO3/c12-5-2-6-15-11(14)8-16-10-4-1-3-9(13)7-10/h1,3-4,7H,2,5-6,8,13H2. The minimum atomic E-state index is -0.518. The molecule has 0 saturated heterocycles. The van der Waals surface area contributed by atoms with E-state index >= 15 is 0 Å². The average Bonchev–Trinajstić information content (AvgIpc) is 2.27. The zero-order chi connectivity index (χ0) is 11.8. The van der Waals surface area contributed by atoms with E-state index in [0.717, 1.165) is 0 Å². The van der Waals surface area contributed by atoms with E-state index in [9.17, 15) is 9.18 Å². The normalized spacial score (nSPS) is 9.81. The fraction of sp³-hybridized carbons (Fsp3) is 0.364. The van der Waals surface area contributed by atoms with Gasteiger partial charge in [0, 0.05) is 18.2 Å². The molecular formula is C11H14FNO3. The molecule has 0 amide bonds. The molecule has 4 nitrogen and oxygen atoms in total. The topological polar surface area (TPSA) is 61.5 Å². The lowest BCUT2D eigenvalue weighted by Crippen LogP contribution is -2.15.